The van der Waals surface area contributed by atoms with Crippen LogP contribution >= 0.6 is 12.4 Å². The molecule has 0 saturated carbocycles. The van der Waals surface area contributed by atoms with Crippen molar-refractivity contribution in [1.29, 1.82) is 0 Å². The Bertz CT molecular complexity index is 433. The average Bonchev–Trinajstić information content (AvgIpc) is 2.77. The summed E-state index contributed by atoms with van der Waals surface area (Å²) < 4.78 is 0. The lowest BCUT2D eigenvalue weighted by molar-refractivity contribution is -0.122. The summed E-state index contributed by atoms with van der Waals surface area (Å²) in [6.45, 7) is 0.479. The van der Waals surface area contributed by atoms with Gasteiger partial charge in [0.2, 0.25) is 11.8 Å². The molecule has 1 atom stereocenters. The molecule has 2 amide bonds. The number of nitrogens with two attached hydrogens (primary N) is 1. The molecule has 98 valence electrons. The van der Waals surface area contributed by atoms with E-state index in [0.717, 1.165) is 5.56 Å². The lowest BCUT2D eigenvalue weighted by atomic mass is 10.2. The van der Waals surface area contributed by atoms with Crippen LogP contribution in [0.15, 0.2) is 24.3 Å². The fraction of sp³-hybridized carbons (Fsp3) is 0.333. The van der Waals surface area contributed by atoms with Crippen molar-refractivity contribution in [3.63, 3.8) is 0 Å². The molecule has 1 heterocycles. The largest absolute Gasteiger partial charge is 0.344 e. The maximum atomic E-state index is 11.8. The number of benzene rings is 1. The molecule has 18 heavy (non-hydrogen) atoms. The predicted molar refractivity (Wildman–Crippen MR) is 71.4 cm³/mol. The summed E-state index contributed by atoms with van der Waals surface area (Å²) in [5.41, 5.74) is 7.21. The predicted octanol–water partition coefficient (Wildman–Crippen LogP) is 0.784. The smallest absolute Gasteiger partial charge is 0.246 e. The fourth-order valence-electron chi connectivity index (χ4n) is 1.76. The van der Waals surface area contributed by atoms with E-state index < -0.39 is 6.04 Å². The molecule has 4 N–H and O–H groups in total. The van der Waals surface area contributed by atoms with Crippen LogP contribution in [0.25, 0.3) is 0 Å². The number of hydrogen-bond acceptors (Lipinski definition) is 3. The standard InChI is InChI=1S/C12H15N3O2.ClH/c13-7-8-1-3-9(4-2-8)14-12(17)10-5-6-11(16)15-10;/h1-4,10H,5-7,13H2,(H,14,17)(H,15,16);1H/t10-;/m0./s1. The Hall–Kier alpha value is -1.59. The summed E-state index contributed by atoms with van der Waals surface area (Å²) in [6, 6.07) is 6.93. The van der Waals surface area contributed by atoms with Crippen molar-refractivity contribution in [2.45, 2.75) is 25.4 Å². The minimum atomic E-state index is -0.406. The van der Waals surface area contributed by atoms with Gasteiger partial charge in [0.05, 0.1) is 0 Å². The van der Waals surface area contributed by atoms with Crippen molar-refractivity contribution in [1.82, 2.24) is 5.32 Å². The van der Waals surface area contributed by atoms with E-state index in [4.69, 9.17) is 5.73 Å². The molecule has 0 aromatic heterocycles. The van der Waals surface area contributed by atoms with E-state index in [1.807, 2.05) is 12.1 Å². The van der Waals surface area contributed by atoms with Gasteiger partial charge >= 0.3 is 0 Å². The highest BCUT2D eigenvalue weighted by atomic mass is 35.5. The molecule has 0 spiro atoms. The van der Waals surface area contributed by atoms with Gasteiger partial charge in [0.1, 0.15) is 6.04 Å². The second-order valence-electron chi connectivity index (χ2n) is 4.05. The van der Waals surface area contributed by atoms with Gasteiger partial charge in [0.15, 0.2) is 0 Å². The molecule has 2 rings (SSSR count). The molecule has 0 unspecified atom stereocenters. The van der Waals surface area contributed by atoms with Crippen molar-refractivity contribution in [3.8, 4) is 0 Å². The van der Waals surface area contributed by atoms with Crippen LogP contribution < -0.4 is 16.4 Å². The van der Waals surface area contributed by atoms with Crippen molar-refractivity contribution in [2.24, 2.45) is 5.73 Å². The zero-order valence-corrected chi connectivity index (χ0v) is 10.6. The minimum absolute atomic E-state index is 0. The lowest BCUT2D eigenvalue weighted by Gasteiger charge is -2.11. The third kappa shape index (κ3) is 3.45. The second-order valence-corrected chi connectivity index (χ2v) is 4.05. The summed E-state index contributed by atoms with van der Waals surface area (Å²) in [4.78, 5) is 22.8. The third-order valence-corrected chi connectivity index (χ3v) is 2.77. The van der Waals surface area contributed by atoms with Crippen LogP contribution in [-0.4, -0.2) is 17.9 Å². The fourth-order valence-corrected chi connectivity index (χ4v) is 1.76. The topological polar surface area (TPSA) is 84.2 Å². The SMILES string of the molecule is Cl.NCc1ccc(NC(=O)[C@@H]2CCC(=O)N2)cc1. The first-order valence-electron chi connectivity index (χ1n) is 5.58. The Labute approximate surface area is 112 Å². The highest BCUT2D eigenvalue weighted by Gasteiger charge is 2.26. The zero-order chi connectivity index (χ0) is 12.3. The average molecular weight is 270 g/mol. The Kier molecular flexibility index (Phi) is 5.12. The monoisotopic (exact) mass is 269 g/mol. The van der Waals surface area contributed by atoms with E-state index in [1.54, 1.807) is 12.1 Å². The van der Waals surface area contributed by atoms with Gasteiger partial charge in [-0.15, -0.1) is 12.4 Å². The second kappa shape index (κ2) is 6.37. The first-order valence-corrected chi connectivity index (χ1v) is 5.58. The van der Waals surface area contributed by atoms with Crippen molar-refractivity contribution < 1.29 is 9.59 Å². The van der Waals surface area contributed by atoms with Gasteiger partial charge in [-0.2, -0.15) is 0 Å². The Balaban J connectivity index is 0.00000162. The summed E-state index contributed by atoms with van der Waals surface area (Å²) >= 11 is 0. The van der Waals surface area contributed by atoms with Crippen LogP contribution in [0.3, 0.4) is 0 Å². The van der Waals surface area contributed by atoms with Crippen LogP contribution in [0.1, 0.15) is 18.4 Å². The molecule has 0 bridgehead atoms. The van der Waals surface area contributed by atoms with Crippen LogP contribution in [0.5, 0.6) is 0 Å². The number of carbonyl (C=O) groups is 2. The number of hydrogen-bond donors (Lipinski definition) is 3. The van der Waals surface area contributed by atoms with E-state index >= 15 is 0 Å². The lowest BCUT2D eigenvalue weighted by Crippen LogP contribution is -2.37. The minimum Gasteiger partial charge on any atom is -0.344 e. The Morgan fingerprint density at radius 2 is 2.06 bits per heavy atom. The molecule has 1 aromatic rings. The number of halogens is 1. The maximum Gasteiger partial charge on any atom is 0.246 e. The molecule has 1 fully saturated rings. The van der Waals surface area contributed by atoms with Crippen LogP contribution in [0, 0.1) is 0 Å². The summed E-state index contributed by atoms with van der Waals surface area (Å²) in [5, 5.41) is 5.39. The van der Waals surface area contributed by atoms with E-state index in [0.29, 0.717) is 25.1 Å². The third-order valence-electron chi connectivity index (χ3n) is 2.77. The van der Waals surface area contributed by atoms with Gasteiger partial charge in [0.25, 0.3) is 0 Å². The van der Waals surface area contributed by atoms with Gasteiger partial charge < -0.3 is 16.4 Å². The molecule has 1 saturated heterocycles. The van der Waals surface area contributed by atoms with Gasteiger partial charge in [-0.1, -0.05) is 12.1 Å². The van der Waals surface area contributed by atoms with Crippen LogP contribution in [-0.2, 0) is 16.1 Å². The van der Waals surface area contributed by atoms with Crippen molar-refractivity contribution >= 4 is 29.9 Å². The molecule has 1 aliphatic heterocycles. The molecular formula is C12H16ClN3O2. The molecule has 6 heteroatoms. The number of anilines is 1. The van der Waals surface area contributed by atoms with E-state index in [-0.39, 0.29) is 24.2 Å². The molecule has 0 aliphatic carbocycles. The Morgan fingerprint density at radius 3 is 2.56 bits per heavy atom. The van der Waals surface area contributed by atoms with Crippen molar-refractivity contribution in [3.05, 3.63) is 29.8 Å². The highest BCUT2D eigenvalue weighted by Crippen LogP contribution is 2.12. The summed E-state index contributed by atoms with van der Waals surface area (Å²) in [5.74, 6) is -0.236. The van der Waals surface area contributed by atoms with Crippen LogP contribution in [0.2, 0.25) is 0 Å². The first-order chi connectivity index (χ1) is 8.19. The molecule has 1 aliphatic rings. The normalized spacial score (nSPS) is 17.8. The molecular weight excluding hydrogens is 254 g/mol. The highest BCUT2D eigenvalue weighted by molar-refractivity contribution is 5.98. The van der Waals surface area contributed by atoms with E-state index in [2.05, 4.69) is 10.6 Å². The number of rotatable bonds is 3. The Morgan fingerprint density at radius 1 is 1.39 bits per heavy atom. The van der Waals surface area contributed by atoms with E-state index in [1.165, 1.54) is 0 Å². The quantitative estimate of drug-likeness (QED) is 0.758. The summed E-state index contributed by atoms with van der Waals surface area (Å²) in [7, 11) is 0. The number of carbonyl (C=O) groups excluding carboxylic acids is 2. The maximum absolute atomic E-state index is 11.8. The van der Waals surface area contributed by atoms with Gasteiger partial charge in [-0.3, -0.25) is 9.59 Å². The van der Waals surface area contributed by atoms with E-state index in [9.17, 15) is 9.59 Å². The van der Waals surface area contributed by atoms with Crippen molar-refractivity contribution in [2.75, 3.05) is 5.32 Å². The molecule has 1 aromatic carbocycles. The molecule has 0 radical (unpaired) electrons. The molecule has 5 nitrogen and oxygen atoms in total. The van der Waals surface area contributed by atoms with Gasteiger partial charge in [0, 0.05) is 18.7 Å². The van der Waals surface area contributed by atoms with Crippen LogP contribution in [0.4, 0.5) is 5.69 Å². The zero-order valence-electron chi connectivity index (χ0n) is 9.81. The number of amides is 2. The first kappa shape index (κ1) is 14.5. The van der Waals surface area contributed by atoms with Gasteiger partial charge in [-0.05, 0) is 24.1 Å². The van der Waals surface area contributed by atoms with Gasteiger partial charge in [-0.25, -0.2) is 0 Å². The summed E-state index contributed by atoms with van der Waals surface area (Å²) in [6.07, 6.45) is 0.982. The number of nitrogens with one attached hydrogen (secondary N) is 2.